The second-order valence-electron chi connectivity index (χ2n) is 4.82. The van der Waals surface area contributed by atoms with E-state index in [1.54, 1.807) is 18.2 Å². The number of primary amides is 1. The first-order valence-electron chi connectivity index (χ1n) is 6.20. The van der Waals surface area contributed by atoms with Crippen LogP contribution >= 0.6 is 0 Å². The second-order valence-corrected chi connectivity index (χ2v) is 4.82. The predicted octanol–water partition coefficient (Wildman–Crippen LogP) is 1.08. The fraction of sp³-hybridized carbons (Fsp3) is 0.462. The number of aliphatic hydroxyl groups is 1. The average Bonchev–Trinajstić information content (AvgIpc) is 2.34. The Kier molecular flexibility index (Phi) is 3.72. The Morgan fingerprint density at radius 1 is 1.28 bits per heavy atom. The van der Waals surface area contributed by atoms with Gasteiger partial charge in [0.25, 0.3) is 0 Å². The van der Waals surface area contributed by atoms with E-state index in [2.05, 4.69) is 5.32 Å². The number of nitrogens with two attached hydrogens (primary N) is 2. The second kappa shape index (κ2) is 5.27. The first-order chi connectivity index (χ1) is 8.56. The molecule has 0 aliphatic heterocycles. The van der Waals surface area contributed by atoms with Crippen LogP contribution in [0.3, 0.4) is 0 Å². The number of amides is 1. The van der Waals surface area contributed by atoms with Crippen LogP contribution in [0.5, 0.6) is 0 Å². The highest BCUT2D eigenvalue weighted by Gasteiger charge is 2.19. The highest BCUT2D eigenvalue weighted by molar-refractivity contribution is 5.94. The number of anilines is 2. The summed E-state index contributed by atoms with van der Waals surface area (Å²) in [4.78, 5) is 11.1. The SMILES string of the molecule is NC(=O)c1ccc(N)c(NC2CCC(O)CC2)c1. The van der Waals surface area contributed by atoms with Crippen molar-refractivity contribution in [2.24, 2.45) is 5.73 Å². The van der Waals surface area contributed by atoms with Crippen molar-refractivity contribution in [2.75, 3.05) is 11.1 Å². The first-order valence-corrected chi connectivity index (χ1v) is 6.20. The fourth-order valence-corrected chi connectivity index (χ4v) is 2.27. The van der Waals surface area contributed by atoms with Crippen molar-refractivity contribution in [3.63, 3.8) is 0 Å². The highest BCUT2D eigenvalue weighted by Crippen LogP contribution is 2.26. The average molecular weight is 249 g/mol. The summed E-state index contributed by atoms with van der Waals surface area (Å²) in [5.41, 5.74) is 12.9. The Labute approximate surface area is 106 Å². The normalized spacial score (nSPS) is 23.6. The van der Waals surface area contributed by atoms with Crippen LogP contribution in [0.4, 0.5) is 11.4 Å². The lowest BCUT2D eigenvalue weighted by Gasteiger charge is -2.27. The zero-order valence-corrected chi connectivity index (χ0v) is 10.2. The standard InChI is InChI=1S/C13H19N3O2/c14-11-6-1-8(13(15)18)7-12(11)16-9-2-4-10(17)5-3-9/h1,6-7,9-10,16-17H,2-5,14H2,(H2,15,18). The van der Waals surface area contributed by atoms with E-state index >= 15 is 0 Å². The number of carbonyl (C=O) groups is 1. The van der Waals surface area contributed by atoms with Crippen molar-refractivity contribution in [3.05, 3.63) is 23.8 Å². The Morgan fingerprint density at radius 2 is 1.94 bits per heavy atom. The van der Waals surface area contributed by atoms with Crippen LogP contribution in [-0.2, 0) is 0 Å². The summed E-state index contributed by atoms with van der Waals surface area (Å²) in [5, 5.41) is 12.8. The zero-order valence-electron chi connectivity index (χ0n) is 10.2. The molecular formula is C13H19N3O2. The molecule has 0 spiro atoms. The minimum Gasteiger partial charge on any atom is -0.397 e. The third-order valence-electron chi connectivity index (χ3n) is 3.39. The molecule has 1 aromatic carbocycles. The van der Waals surface area contributed by atoms with E-state index in [1.165, 1.54) is 0 Å². The summed E-state index contributed by atoms with van der Waals surface area (Å²) in [6.07, 6.45) is 3.22. The molecule has 0 unspecified atom stereocenters. The molecule has 0 saturated heterocycles. The molecule has 5 nitrogen and oxygen atoms in total. The lowest BCUT2D eigenvalue weighted by atomic mass is 9.93. The lowest BCUT2D eigenvalue weighted by Crippen LogP contribution is -2.28. The zero-order chi connectivity index (χ0) is 13.1. The van der Waals surface area contributed by atoms with Crippen molar-refractivity contribution < 1.29 is 9.90 Å². The summed E-state index contributed by atoms with van der Waals surface area (Å²) in [6, 6.07) is 5.27. The molecule has 0 heterocycles. The van der Waals surface area contributed by atoms with E-state index in [4.69, 9.17) is 11.5 Å². The molecule has 1 aromatic rings. The van der Waals surface area contributed by atoms with Crippen LogP contribution in [-0.4, -0.2) is 23.2 Å². The molecule has 0 aromatic heterocycles. The fourth-order valence-electron chi connectivity index (χ4n) is 2.27. The van der Waals surface area contributed by atoms with Crippen molar-refractivity contribution >= 4 is 17.3 Å². The first kappa shape index (κ1) is 12.7. The van der Waals surface area contributed by atoms with Gasteiger partial charge in [-0.3, -0.25) is 4.79 Å². The Morgan fingerprint density at radius 3 is 2.56 bits per heavy atom. The van der Waals surface area contributed by atoms with Gasteiger partial charge in [0.15, 0.2) is 0 Å². The van der Waals surface area contributed by atoms with Gasteiger partial charge in [-0.15, -0.1) is 0 Å². The van der Waals surface area contributed by atoms with Gasteiger partial charge in [-0.2, -0.15) is 0 Å². The number of aliphatic hydroxyl groups excluding tert-OH is 1. The maximum atomic E-state index is 11.1. The van der Waals surface area contributed by atoms with E-state index in [0.717, 1.165) is 31.4 Å². The summed E-state index contributed by atoms with van der Waals surface area (Å²) in [6.45, 7) is 0. The maximum Gasteiger partial charge on any atom is 0.248 e. The molecule has 0 bridgehead atoms. The summed E-state index contributed by atoms with van der Waals surface area (Å²) in [5.74, 6) is -0.461. The number of hydrogen-bond donors (Lipinski definition) is 4. The molecule has 1 fully saturated rings. The van der Waals surface area contributed by atoms with E-state index in [9.17, 15) is 9.90 Å². The molecule has 1 saturated carbocycles. The summed E-state index contributed by atoms with van der Waals surface area (Å²) >= 11 is 0. The van der Waals surface area contributed by atoms with Crippen LogP contribution < -0.4 is 16.8 Å². The molecule has 1 aliphatic rings. The molecule has 0 atom stereocenters. The number of nitrogen functional groups attached to an aromatic ring is 1. The molecule has 98 valence electrons. The lowest BCUT2D eigenvalue weighted by molar-refractivity contribution is 0.100. The number of rotatable bonds is 3. The number of benzene rings is 1. The topological polar surface area (TPSA) is 101 Å². The van der Waals surface area contributed by atoms with Crippen LogP contribution in [0, 0.1) is 0 Å². The van der Waals surface area contributed by atoms with Gasteiger partial charge in [-0.05, 0) is 43.9 Å². The molecule has 5 heteroatoms. The van der Waals surface area contributed by atoms with Crippen LogP contribution in [0.15, 0.2) is 18.2 Å². The van der Waals surface area contributed by atoms with Crippen molar-refractivity contribution in [1.29, 1.82) is 0 Å². The predicted molar refractivity (Wildman–Crippen MR) is 71.3 cm³/mol. The minimum absolute atomic E-state index is 0.183. The van der Waals surface area contributed by atoms with Gasteiger partial charge in [0.05, 0.1) is 17.5 Å². The minimum atomic E-state index is -0.461. The number of carbonyl (C=O) groups excluding carboxylic acids is 1. The smallest absolute Gasteiger partial charge is 0.248 e. The van der Waals surface area contributed by atoms with E-state index < -0.39 is 5.91 Å². The van der Waals surface area contributed by atoms with Gasteiger partial charge in [-0.1, -0.05) is 0 Å². The maximum absolute atomic E-state index is 11.1. The molecule has 0 radical (unpaired) electrons. The summed E-state index contributed by atoms with van der Waals surface area (Å²) < 4.78 is 0. The Hall–Kier alpha value is -1.75. The molecule has 2 rings (SSSR count). The Balaban J connectivity index is 2.08. The molecule has 6 N–H and O–H groups in total. The molecular weight excluding hydrogens is 230 g/mol. The quantitative estimate of drug-likeness (QED) is 0.602. The van der Waals surface area contributed by atoms with Crippen LogP contribution in [0.2, 0.25) is 0 Å². The van der Waals surface area contributed by atoms with Crippen molar-refractivity contribution in [2.45, 2.75) is 37.8 Å². The molecule has 1 amide bonds. The monoisotopic (exact) mass is 249 g/mol. The van der Waals surface area contributed by atoms with Gasteiger partial charge in [-0.25, -0.2) is 0 Å². The van der Waals surface area contributed by atoms with Crippen molar-refractivity contribution in [3.8, 4) is 0 Å². The van der Waals surface area contributed by atoms with Gasteiger partial charge in [0.1, 0.15) is 0 Å². The van der Waals surface area contributed by atoms with Crippen LogP contribution in [0.25, 0.3) is 0 Å². The Bertz CT molecular complexity index is 440. The molecule has 1 aliphatic carbocycles. The van der Waals surface area contributed by atoms with E-state index in [-0.39, 0.29) is 6.10 Å². The van der Waals surface area contributed by atoms with Gasteiger partial charge in [0.2, 0.25) is 5.91 Å². The van der Waals surface area contributed by atoms with Gasteiger partial charge in [0, 0.05) is 11.6 Å². The summed E-state index contributed by atoms with van der Waals surface area (Å²) in [7, 11) is 0. The third kappa shape index (κ3) is 2.92. The van der Waals surface area contributed by atoms with E-state index in [0.29, 0.717) is 17.3 Å². The number of hydrogen-bond acceptors (Lipinski definition) is 4. The molecule has 18 heavy (non-hydrogen) atoms. The highest BCUT2D eigenvalue weighted by atomic mass is 16.3. The largest absolute Gasteiger partial charge is 0.397 e. The van der Waals surface area contributed by atoms with Crippen LogP contribution in [0.1, 0.15) is 36.0 Å². The van der Waals surface area contributed by atoms with Gasteiger partial charge < -0.3 is 21.9 Å². The van der Waals surface area contributed by atoms with Gasteiger partial charge >= 0.3 is 0 Å². The third-order valence-corrected chi connectivity index (χ3v) is 3.39. The number of nitrogens with one attached hydrogen (secondary N) is 1. The van der Waals surface area contributed by atoms with Crippen molar-refractivity contribution in [1.82, 2.24) is 0 Å². The van der Waals surface area contributed by atoms with E-state index in [1.807, 2.05) is 0 Å².